The number of ether oxygens (including phenoxy) is 2. The summed E-state index contributed by atoms with van der Waals surface area (Å²) in [5, 5.41) is 18.2. The van der Waals surface area contributed by atoms with Crippen molar-refractivity contribution in [1.29, 1.82) is 0 Å². The molecule has 2 N–H and O–H groups in total. The first-order valence-corrected chi connectivity index (χ1v) is 5.90. The molecule has 20 heavy (non-hydrogen) atoms. The van der Waals surface area contributed by atoms with Crippen LogP contribution < -0.4 is 0 Å². The third-order valence-corrected chi connectivity index (χ3v) is 1.65. The summed E-state index contributed by atoms with van der Waals surface area (Å²) in [6, 6.07) is 0. The van der Waals surface area contributed by atoms with Crippen molar-refractivity contribution >= 4 is 18.2 Å². The van der Waals surface area contributed by atoms with Crippen molar-refractivity contribution in [3.63, 3.8) is 0 Å². The number of aliphatic hydroxyl groups is 1. The highest BCUT2D eigenvalue weighted by Crippen LogP contribution is 2.16. The lowest BCUT2D eigenvalue weighted by molar-refractivity contribution is -0.156. The maximum atomic E-state index is 11.8. The Morgan fingerprint density at radius 1 is 0.900 bits per heavy atom. The summed E-state index contributed by atoms with van der Waals surface area (Å²) in [6.07, 6.45) is -5.00. The minimum Gasteiger partial charge on any atom is -0.478 e. The molecule has 0 aromatic heterocycles. The van der Waals surface area contributed by atoms with Gasteiger partial charge in [-0.2, -0.15) is 4.90 Å². The van der Waals surface area contributed by atoms with E-state index in [1.54, 1.807) is 0 Å². The second-order valence-corrected chi connectivity index (χ2v) is 6.04. The smallest absolute Gasteiger partial charge is 0.422 e. The summed E-state index contributed by atoms with van der Waals surface area (Å²) in [5.74, 6) is -1.78. The van der Waals surface area contributed by atoms with Gasteiger partial charge in [0.25, 0.3) is 0 Å². The summed E-state index contributed by atoms with van der Waals surface area (Å²) in [4.78, 5) is 34.4. The summed E-state index contributed by atoms with van der Waals surface area (Å²) in [5.41, 5.74) is -1.93. The Morgan fingerprint density at radius 3 is 1.40 bits per heavy atom. The van der Waals surface area contributed by atoms with Crippen LogP contribution in [0.3, 0.4) is 0 Å². The Kier molecular flexibility index (Phi) is 5.53. The standard InChI is InChI=1S/C12H21NO7/c1-11(2,3)19-9(17)13(7(14)8(15)16)10(18)20-12(4,5)6/h7,14H,1-6H3,(H,15,16). The van der Waals surface area contributed by atoms with Gasteiger partial charge in [0.15, 0.2) is 0 Å². The average molecular weight is 291 g/mol. The zero-order valence-electron chi connectivity index (χ0n) is 12.5. The van der Waals surface area contributed by atoms with Gasteiger partial charge in [-0.25, -0.2) is 14.4 Å². The van der Waals surface area contributed by atoms with E-state index in [1.807, 2.05) is 0 Å². The van der Waals surface area contributed by atoms with Crippen molar-refractivity contribution in [3.8, 4) is 0 Å². The Morgan fingerprint density at radius 2 is 1.20 bits per heavy atom. The van der Waals surface area contributed by atoms with Gasteiger partial charge in [0, 0.05) is 0 Å². The summed E-state index contributed by atoms with van der Waals surface area (Å²) < 4.78 is 9.74. The molecule has 0 aromatic carbocycles. The molecule has 8 nitrogen and oxygen atoms in total. The summed E-state index contributed by atoms with van der Waals surface area (Å²) in [6.45, 7) is 9.20. The highest BCUT2D eigenvalue weighted by molar-refractivity contribution is 5.92. The molecule has 1 unspecified atom stereocenters. The predicted octanol–water partition coefficient (Wildman–Crippen LogP) is 1.56. The van der Waals surface area contributed by atoms with E-state index in [2.05, 4.69) is 0 Å². The molecule has 2 amide bonds. The van der Waals surface area contributed by atoms with E-state index < -0.39 is 35.6 Å². The van der Waals surface area contributed by atoms with Crippen LogP contribution in [0.4, 0.5) is 9.59 Å². The van der Waals surface area contributed by atoms with Crippen LogP contribution in [0.1, 0.15) is 41.5 Å². The molecule has 0 bridgehead atoms. The van der Waals surface area contributed by atoms with E-state index >= 15 is 0 Å². The number of aliphatic carboxylic acids is 1. The van der Waals surface area contributed by atoms with Crippen LogP contribution in [0.5, 0.6) is 0 Å². The fourth-order valence-corrected chi connectivity index (χ4v) is 1.01. The number of rotatable bonds is 2. The minimum absolute atomic E-state index is 0.0127. The molecule has 0 aliphatic carbocycles. The highest BCUT2D eigenvalue weighted by Gasteiger charge is 2.39. The largest absolute Gasteiger partial charge is 0.478 e. The van der Waals surface area contributed by atoms with E-state index in [1.165, 1.54) is 41.5 Å². The second-order valence-electron chi connectivity index (χ2n) is 6.04. The third kappa shape index (κ3) is 6.37. The predicted molar refractivity (Wildman–Crippen MR) is 67.9 cm³/mol. The number of amides is 2. The molecule has 8 heteroatoms. The monoisotopic (exact) mass is 291 g/mol. The number of carboxylic acid groups (broad SMARTS) is 1. The van der Waals surface area contributed by atoms with E-state index in [0.29, 0.717) is 0 Å². The maximum Gasteiger partial charge on any atom is 0.422 e. The van der Waals surface area contributed by atoms with Crippen molar-refractivity contribution in [3.05, 3.63) is 0 Å². The Balaban J connectivity index is 5.24. The molecule has 0 heterocycles. The minimum atomic E-state index is -2.39. The Bertz CT molecular complexity index is 364. The zero-order valence-corrected chi connectivity index (χ0v) is 12.5. The van der Waals surface area contributed by atoms with Crippen LogP contribution in [-0.4, -0.2) is 50.7 Å². The second kappa shape index (κ2) is 6.08. The number of hydrogen-bond donors (Lipinski definition) is 2. The first-order valence-electron chi connectivity index (χ1n) is 5.90. The average Bonchev–Trinajstić information content (AvgIpc) is 2.10. The van der Waals surface area contributed by atoms with Crippen LogP contribution in [0.15, 0.2) is 0 Å². The molecule has 0 saturated carbocycles. The first kappa shape index (κ1) is 18.2. The molecule has 0 saturated heterocycles. The number of imide groups is 1. The molecule has 0 rings (SSSR count). The lowest BCUT2D eigenvalue weighted by Crippen LogP contribution is -2.51. The number of carboxylic acids is 1. The SMILES string of the molecule is CC(C)(C)OC(=O)N(C(=O)OC(C)(C)C)C(O)C(=O)O. The van der Waals surface area contributed by atoms with E-state index in [4.69, 9.17) is 14.6 Å². The van der Waals surface area contributed by atoms with Crippen molar-refractivity contribution in [2.24, 2.45) is 0 Å². The van der Waals surface area contributed by atoms with Crippen LogP contribution in [-0.2, 0) is 14.3 Å². The van der Waals surface area contributed by atoms with Crippen molar-refractivity contribution < 1.29 is 34.1 Å². The van der Waals surface area contributed by atoms with Gasteiger partial charge in [0.2, 0.25) is 6.23 Å². The molecule has 0 aromatic rings. The van der Waals surface area contributed by atoms with Crippen molar-refractivity contribution in [1.82, 2.24) is 4.90 Å². The molecule has 116 valence electrons. The normalized spacial score (nSPS) is 13.3. The molecule has 0 aliphatic heterocycles. The fourth-order valence-electron chi connectivity index (χ4n) is 1.01. The summed E-state index contributed by atoms with van der Waals surface area (Å²) >= 11 is 0. The third-order valence-electron chi connectivity index (χ3n) is 1.65. The number of hydrogen-bond acceptors (Lipinski definition) is 6. The topological polar surface area (TPSA) is 113 Å². The number of nitrogens with zero attached hydrogens (tertiary/aromatic N) is 1. The molecule has 1 atom stereocenters. The fraction of sp³-hybridized carbons (Fsp3) is 0.750. The van der Waals surface area contributed by atoms with Crippen LogP contribution in [0.2, 0.25) is 0 Å². The molecule has 0 aliphatic rings. The molecule has 0 spiro atoms. The maximum absolute atomic E-state index is 11.8. The lowest BCUT2D eigenvalue weighted by Gasteiger charge is -2.29. The van der Waals surface area contributed by atoms with Gasteiger partial charge in [-0.05, 0) is 41.5 Å². The van der Waals surface area contributed by atoms with E-state index in [9.17, 15) is 19.5 Å². The molecule has 0 fully saturated rings. The van der Waals surface area contributed by atoms with Gasteiger partial charge in [0.05, 0.1) is 0 Å². The van der Waals surface area contributed by atoms with Crippen LogP contribution >= 0.6 is 0 Å². The summed E-state index contributed by atoms with van der Waals surface area (Å²) in [7, 11) is 0. The molecular formula is C12H21NO7. The van der Waals surface area contributed by atoms with Gasteiger partial charge in [-0.15, -0.1) is 0 Å². The number of carbonyl (C=O) groups excluding carboxylic acids is 2. The quantitative estimate of drug-likeness (QED) is 0.742. The lowest BCUT2D eigenvalue weighted by atomic mass is 10.2. The van der Waals surface area contributed by atoms with Gasteiger partial charge in [-0.3, -0.25) is 0 Å². The van der Waals surface area contributed by atoms with Crippen molar-refractivity contribution in [2.75, 3.05) is 0 Å². The zero-order chi connectivity index (χ0) is 16.3. The van der Waals surface area contributed by atoms with Crippen LogP contribution in [0.25, 0.3) is 0 Å². The first-order chi connectivity index (χ1) is 8.74. The molecular weight excluding hydrogens is 270 g/mol. The van der Waals surface area contributed by atoms with Gasteiger partial charge in [-0.1, -0.05) is 0 Å². The number of carbonyl (C=O) groups is 3. The highest BCUT2D eigenvalue weighted by atomic mass is 16.6. The van der Waals surface area contributed by atoms with Crippen LogP contribution in [0, 0.1) is 0 Å². The molecule has 0 radical (unpaired) electrons. The van der Waals surface area contributed by atoms with Gasteiger partial charge < -0.3 is 19.7 Å². The van der Waals surface area contributed by atoms with E-state index in [0.717, 1.165) is 0 Å². The van der Waals surface area contributed by atoms with Gasteiger partial charge in [0.1, 0.15) is 11.2 Å². The number of aliphatic hydroxyl groups excluding tert-OH is 1. The van der Waals surface area contributed by atoms with Crippen molar-refractivity contribution in [2.45, 2.75) is 59.0 Å². The van der Waals surface area contributed by atoms with Gasteiger partial charge >= 0.3 is 18.2 Å². The Hall–Kier alpha value is -1.83. The van der Waals surface area contributed by atoms with E-state index in [-0.39, 0.29) is 4.90 Å². The Labute approximate surface area is 117 Å².